The van der Waals surface area contributed by atoms with Crippen molar-refractivity contribution >= 4 is 10.8 Å². The number of rotatable bonds is 0. The van der Waals surface area contributed by atoms with E-state index in [9.17, 15) is 56.9 Å². The maximum absolute atomic E-state index is 14.7. The summed E-state index contributed by atoms with van der Waals surface area (Å²) in [6.07, 6.45) is -9.36. The fraction of sp³-hybridized carbons (Fsp3) is 0. The lowest BCUT2D eigenvalue weighted by molar-refractivity contribution is 0.403. The van der Waals surface area contributed by atoms with E-state index in [0.717, 1.165) is 0 Å². The van der Waals surface area contributed by atoms with Crippen LogP contribution < -0.4 is 0 Å². The van der Waals surface area contributed by atoms with Crippen molar-refractivity contribution in [1.82, 2.24) is 0 Å². The summed E-state index contributed by atoms with van der Waals surface area (Å²) in [7, 11) is -3.63. The zero-order valence-corrected chi connectivity index (χ0v) is 15.2. The van der Waals surface area contributed by atoms with E-state index in [0.29, 0.717) is 0 Å². The van der Waals surface area contributed by atoms with Gasteiger partial charge in [0.2, 0.25) is 0 Å². The highest BCUT2D eigenvalue weighted by Gasteiger charge is 2.53. The van der Waals surface area contributed by atoms with Gasteiger partial charge in [-0.15, -0.1) is 0 Å². The Hall–Kier alpha value is -3.03. The lowest BCUT2D eigenvalue weighted by Gasteiger charge is -2.08. The number of hydrogen-bond acceptors (Lipinski definition) is 1. The second-order valence-corrected chi connectivity index (χ2v) is 7.57. The van der Waals surface area contributed by atoms with E-state index < -0.39 is 113 Å². The summed E-state index contributed by atoms with van der Waals surface area (Å²) in [6, 6.07) is 0. The normalized spacial score (nSPS) is 21.4. The molecule has 14 heteroatoms. The molecular formula is C18F12OS. The smallest absolute Gasteiger partial charge is 0.249 e. The summed E-state index contributed by atoms with van der Waals surface area (Å²) < 4.78 is 179. The van der Waals surface area contributed by atoms with Gasteiger partial charge in [-0.3, -0.25) is 0 Å². The third-order valence-electron chi connectivity index (χ3n) is 4.74. The predicted molar refractivity (Wildman–Crippen MR) is 84.7 cm³/mol. The first-order valence-corrected chi connectivity index (χ1v) is 8.99. The van der Waals surface area contributed by atoms with Gasteiger partial charge in [-0.2, -0.15) is 26.3 Å². The van der Waals surface area contributed by atoms with E-state index >= 15 is 0 Å². The van der Waals surface area contributed by atoms with Crippen molar-refractivity contribution in [3.63, 3.8) is 0 Å². The van der Waals surface area contributed by atoms with Gasteiger partial charge >= 0.3 is 0 Å². The number of halogens is 12. The van der Waals surface area contributed by atoms with Crippen molar-refractivity contribution < 1.29 is 56.9 Å². The molecule has 0 amide bonds. The Morgan fingerprint density at radius 1 is 0.438 bits per heavy atom. The van der Waals surface area contributed by atoms with Crippen molar-refractivity contribution in [2.75, 3.05) is 0 Å². The van der Waals surface area contributed by atoms with E-state index in [-0.39, 0.29) is 0 Å². The van der Waals surface area contributed by atoms with Crippen LogP contribution in [0.25, 0.3) is 0 Å². The van der Waals surface area contributed by atoms with Crippen LogP contribution in [0, 0.1) is 0 Å². The lowest BCUT2D eigenvalue weighted by atomic mass is 9.94. The van der Waals surface area contributed by atoms with Gasteiger partial charge in [-0.05, 0) is 0 Å². The monoisotopic (exact) mass is 492 g/mol. The third-order valence-corrected chi connectivity index (χ3v) is 6.24. The fourth-order valence-electron chi connectivity index (χ4n) is 3.52. The molecule has 1 saturated heterocycles. The zero-order chi connectivity index (χ0) is 24.0. The quantitative estimate of drug-likeness (QED) is 0.320. The van der Waals surface area contributed by atoms with E-state index in [1.165, 1.54) is 0 Å². The molecule has 32 heavy (non-hydrogen) atoms. The van der Waals surface area contributed by atoms with Gasteiger partial charge in [0, 0.05) is 22.3 Å². The number of fused-ring (bicyclic) bond motifs is 5. The van der Waals surface area contributed by atoms with Gasteiger partial charge in [0.1, 0.15) is 40.0 Å². The molecule has 0 atom stereocenters. The maximum Gasteiger partial charge on any atom is 0.283 e. The highest BCUT2D eigenvalue weighted by Crippen LogP contribution is 2.61. The van der Waals surface area contributed by atoms with Crippen molar-refractivity contribution in [2.24, 2.45) is 0 Å². The van der Waals surface area contributed by atoms with Crippen LogP contribution in [0.2, 0.25) is 0 Å². The molecule has 1 heterocycles. The molecule has 168 valence electrons. The summed E-state index contributed by atoms with van der Waals surface area (Å²) in [5.41, 5.74) is -13.9. The van der Waals surface area contributed by atoms with E-state index in [2.05, 4.69) is 0 Å². The zero-order valence-electron chi connectivity index (χ0n) is 14.4. The number of allylic oxidation sites excluding steroid dienone is 13. The lowest BCUT2D eigenvalue weighted by Crippen LogP contribution is -2.01. The molecule has 1 nitrogen and oxygen atoms in total. The summed E-state index contributed by atoms with van der Waals surface area (Å²) in [5.74, 6) is -14.4. The van der Waals surface area contributed by atoms with Crippen molar-refractivity contribution in [3.05, 3.63) is 102 Å². The van der Waals surface area contributed by atoms with Crippen LogP contribution >= 0.6 is 0 Å². The molecule has 1 fully saturated rings. The predicted octanol–water partition coefficient (Wildman–Crippen LogP) is 7.50. The first kappa shape index (κ1) is 22.2. The molecule has 4 aliphatic rings. The molecule has 0 aromatic carbocycles. The highest BCUT2D eigenvalue weighted by molar-refractivity contribution is 7.93. The SMILES string of the molecule is O=S1C2=C(F)C(=C(F)F)C(F)=C2C2=C(F)C(=C(F)F)C(F)=C2C2=C(F)C(=C(F)F)C(F)=C21. The Bertz CT molecular complexity index is 1270. The molecule has 0 radical (unpaired) electrons. The third kappa shape index (κ3) is 2.52. The Kier molecular flexibility index (Phi) is 4.84. The molecule has 3 aliphatic carbocycles. The minimum Gasteiger partial charge on any atom is -0.249 e. The Labute approximate surface area is 170 Å². The summed E-state index contributed by atoms with van der Waals surface area (Å²) in [6.45, 7) is 0. The first-order chi connectivity index (χ1) is 14.8. The molecule has 1 aliphatic heterocycles. The summed E-state index contributed by atoms with van der Waals surface area (Å²) in [5, 5.41) is 0. The maximum atomic E-state index is 14.7. The molecule has 0 saturated carbocycles. The van der Waals surface area contributed by atoms with Gasteiger partial charge in [0.15, 0.2) is 11.7 Å². The molecule has 0 unspecified atom stereocenters. The van der Waals surface area contributed by atoms with Crippen LogP contribution in [0.4, 0.5) is 52.7 Å². The molecule has 0 bridgehead atoms. The Balaban J connectivity index is 2.32. The minimum absolute atomic E-state index is 1.77. The minimum atomic E-state index is -3.63. The average molecular weight is 492 g/mol. The van der Waals surface area contributed by atoms with Crippen LogP contribution in [0.3, 0.4) is 0 Å². The summed E-state index contributed by atoms with van der Waals surface area (Å²) in [4.78, 5) is -3.59. The van der Waals surface area contributed by atoms with Gasteiger partial charge in [-0.1, -0.05) is 0 Å². The highest BCUT2D eigenvalue weighted by atomic mass is 32.2. The summed E-state index contributed by atoms with van der Waals surface area (Å²) >= 11 is 0. The standard InChI is InChI=1S/C18F12OS/c19-8-1-2(9(20)5(8)16(25)26)4-11(22)7(18(29)30)13(24)15(4)32(31)14-3(1)10(21)6(12(14)23)17(27)28. The van der Waals surface area contributed by atoms with Gasteiger partial charge < -0.3 is 0 Å². The molecular weight excluding hydrogens is 492 g/mol. The number of hydrogen-bond donors (Lipinski definition) is 0. The van der Waals surface area contributed by atoms with Crippen LogP contribution in [0.1, 0.15) is 0 Å². The second kappa shape index (κ2) is 6.98. The van der Waals surface area contributed by atoms with Gasteiger partial charge in [0.05, 0.1) is 20.6 Å². The topological polar surface area (TPSA) is 17.1 Å². The molecule has 0 aromatic rings. The second-order valence-electron chi connectivity index (χ2n) is 6.22. The molecule has 0 aromatic heterocycles. The van der Waals surface area contributed by atoms with E-state index in [4.69, 9.17) is 0 Å². The van der Waals surface area contributed by atoms with Gasteiger partial charge in [-0.25, -0.2) is 30.6 Å². The van der Waals surface area contributed by atoms with E-state index in [1.54, 1.807) is 0 Å². The first-order valence-electron chi connectivity index (χ1n) is 7.84. The van der Waals surface area contributed by atoms with Crippen LogP contribution in [-0.2, 0) is 10.8 Å². The van der Waals surface area contributed by atoms with E-state index in [1.807, 2.05) is 0 Å². The molecule has 0 spiro atoms. The van der Waals surface area contributed by atoms with Crippen molar-refractivity contribution in [3.8, 4) is 0 Å². The largest absolute Gasteiger partial charge is 0.283 e. The Morgan fingerprint density at radius 2 is 0.688 bits per heavy atom. The molecule has 4 rings (SSSR count). The van der Waals surface area contributed by atoms with Crippen molar-refractivity contribution in [1.29, 1.82) is 0 Å². The average Bonchev–Trinajstić information content (AvgIpc) is 3.13. The van der Waals surface area contributed by atoms with Crippen LogP contribution in [0.5, 0.6) is 0 Å². The van der Waals surface area contributed by atoms with Gasteiger partial charge in [0.25, 0.3) is 18.2 Å². The Morgan fingerprint density at radius 3 is 0.969 bits per heavy atom. The molecule has 0 N–H and O–H groups in total. The van der Waals surface area contributed by atoms with Crippen molar-refractivity contribution in [2.45, 2.75) is 0 Å². The fourth-order valence-corrected chi connectivity index (χ4v) is 5.01. The van der Waals surface area contributed by atoms with Crippen LogP contribution in [0.15, 0.2) is 102 Å². The van der Waals surface area contributed by atoms with Crippen LogP contribution in [-0.4, -0.2) is 4.21 Å².